The van der Waals surface area contributed by atoms with Crippen LogP contribution < -0.4 is 20.1 Å². The molecule has 0 aliphatic rings. The molecule has 3 rings (SSSR count). The van der Waals surface area contributed by atoms with Crippen LogP contribution in [0.25, 0.3) is 11.3 Å². The minimum Gasteiger partial charge on any atom is -0.497 e. The molecule has 0 fully saturated rings. The van der Waals surface area contributed by atoms with E-state index in [0.29, 0.717) is 22.9 Å². The first-order valence-corrected chi connectivity index (χ1v) is 8.75. The molecule has 2 aromatic heterocycles. The maximum atomic E-state index is 12.3. The number of thiophene rings is 1. The predicted molar refractivity (Wildman–Crippen MR) is 101 cm³/mol. The first kappa shape index (κ1) is 17.7. The van der Waals surface area contributed by atoms with Crippen LogP contribution in [0, 0.1) is 0 Å². The standard InChI is InChI=1S/C18H18N4O3S/c1-24-13-3-4-14(16(9-13)25-2)22-18(23)21-10-15-17(20-7-6-19-15)12-5-8-26-11-12/h3-9,11H,10H2,1-2H3,(H2,21,22,23). The molecule has 1 aromatic carbocycles. The third kappa shape index (κ3) is 4.09. The van der Waals surface area contributed by atoms with Gasteiger partial charge >= 0.3 is 6.03 Å². The molecule has 3 aromatic rings. The van der Waals surface area contributed by atoms with Crippen LogP contribution in [0.5, 0.6) is 11.5 Å². The summed E-state index contributed by atoms with van der Waals surface area (Å²) >= 11 is 1.58. The maximum absolute atomic E-state index is 12.3. The Labute approximate surface area is 155 Å². The highest BCUT2D eigenvalue weighted by molar-refractivity contribution is 7.08. The molecule has 2 heterocycles. The van der Waals surface area contributed by atoms with Crippen molar-refractivity contribution in [2.24, 2.45) is 0 Å². The Morgan fingerprint density at radius 1 is 1.15 bits per heavy atom. The number of nitrogens with one attached hydrogen (secondary N) is 2. The summed E-state index contributed by atoms with van der Waals surface area (Å²) in [6, 6.07) is 6.77. The average molecular weight is 370 g/mol. The number of amides is 2. The van der Waals surface area contributed by atoms with E-state index in [2.05, 4.69) is 20.6 Å². The van der Waals surface area contributed by atoms with E-state index >= 15 is 0 Å². The number of ether oxygens (including phenoxy) is 2. The minimum atomic E-state index is -0.365. The van der Waals surface area contributed by atoms with Crippen LogP contribution in [0.4, 0.5) is 10.5 Å². The normalized spacial score (nSPS) is 10.2. The van der Waals surface area contributed by atoms with Gasteiger partial charge in [0.1, 0.15) is 11.5 Å². The molecule has 0 spiro atoms. The Morgan fingerprint density at radius 3 is 2.73 bits per heavy atom. The van der Waals surface area contributed by atoms with Gasteiger partial charge in [0.15, 0.2) is 0 Å². The van der Waals surface area contributed by atoms with E-state index in [-0.39, 0.29) is 12.6 Å². The van der Waals surface area contributed by atoms with Crippen molar-refractivity contribution in [1.82, 2.24) is 15.3 Å². The average Bonchev–Trinajstić information content (AvgIpc) is 3.21. The lowest BCUT2D eigenvalue weighted by Crippen LogP contribution is -2.29. The van der Waals surface area contributed by atoms with Crippen LogP contribution in [-0.2, 0) is 6.54 Å². The second-order valence-electron chi connectivity index (χ2n) is 5.24. The van der Waals surface area contributed by atoms with E-state index in [1.54, 1.807) is 49.0 Å². The zero-order valence-corrected chi connectivity index (χ0v) is 15.2. The molecule has 0 aliphatic carbocycles. The molecule has 26 heavy (non-hydrogen) atoms. The Bertz CT molecular complexity index is 884. The zero-order chi connectivity index (χ0) is 18.4. The lowest BCUT2D eigenvalue weighted by atomic mass is 10.2. The fraction of sp³-hybridized carbons (Fsp3) is 0.167. The van der Waals surface area contributed by atoms with Gasteiger partial charge in [0.05, 0.1) is 37.8 Å². The van der Waals surface area contributed by atoms with Gasteiger partial charge in [-0.25, -0.2) is 4.79 Å². The lowest BCUT2D eigenvalue weighted by molar-refractivity contribution is 0.251. The molecule has 7 nitrogen and oxygen atoms in total. The largest absolute Gasteiger partial charge is 0.497 e. The van der Waals surface area contributed by atoms with Gasteiger partial charge in [-0.05, 0) is 23.6 Å². The van der Waals surface area contributed by atoms with E-state index in [0.717, 1.165) is 11.3 Å². The Morgan fingerprint density at radius 2 is 2.00 bits per heavy atom. The summed E-state index contributed by atoms with van der Waals surface area (Å²) in [7, 11) is 3.10. The van der Waals surface area contributed by atoms with Crippen LogP contribution >= 0.6 is 11.3 Å². The van der Waals surface area contributed by atoms with Crippen molar-refractivity contribution >= 4 is 23.1 Å². The Hall–Kier alpha value is -3.13. The van der Waals surface area contributed by atoms with Gasteiger partial charge in [0.25, 0.3) is 0 Å². The number of rotatable bonds is 6. The van der Waals surface area contributed by atoms with Crippen molar-refractivity contribution < 1.29 is 14.3 Å². The van der Waals surface area contributed by atoms with E-state index in [9.17, 15) is 4.79 Å². The summed E-state index contributed by atoms with van der Waals surface area (Å²) in [5.41, 5.74) is 2.99. The quantitative estimate of drug-likeness (QED) is 0.693. The monoisotopic (exact) mass is 370 g/mol. The van der Waals surface area contributed by atoms with E-state index < -0.39 is 0 Å². The number of anilines is 1. The van der Waals surface area contributed by atoms with Crippen LogP contribution in [0.15, 0.2) is 47.4 Å². The van der Waals surface area contributed by atoms with Crippen LogP contribution in [0.3, 0.4) is 0 Å². The van der Waals surface area contributed by atoms with E-state index in [4.69, 9.17) is 9.47 Å². The molecular weight excluding hydrogens is 352 g/mol. The summed E-state index contributed by atoms with van der Waals surface area (Å²) < 4.78 is 10.4. The van der Waals surface area contributed by atoms with E-state index in [1.807, 2.05) is 16.8 Å². The summed E-state index contributed by atoms with van der Waals surface area (Å²) in [6.45, 7) is 0.253. The van der Waals surface area contributed by atoms with Gasteiger partial charge in [-0.1, -0.05) is 0 Å². The fourth-order valence-corrected chi connectivity index (χ4v) is 3.01. The number of carbonyl (C=O) groups is 1. The molecule has 0 radical (unpaired) electrons. The Balaban J connectivity index is 1.67. The molecule has 8 heteroatoms. The highest BCUT2D eigenvalue weighted by Crippen LogP contribution is 2.29. The molecule has 0 bridgehead atoms. The summed E-state index contributed by atoms with van der Waals surface area (Å²) in [5.74, 6) is 1.16. The summed E-state index contributed by atoms with van der Waals surface area (Å²) in [6.07, 6.45) is 3.25. The number of methoxy groups -OCH3 is 2. The fourth-order valence-electron chi connectivity index (χ4n) is 2.37. The highest BCUT2D eigenvalue weighted by atomic mass is 32.1. The predicted octanol–water partition coefficient (Wildman–Crippen LogP) is 3.54. The third-order valence-electron chi connectivity index (χ3n) is 3.64. The van der Waals surface area contributed by atoms with Gasteiger partial charge in [0.2, 0.25) is 0 Å². The molecule has 0 saturated heterocycles. The summed E-state index contributed by atoms with van der Waals surface area (Å²) in [4.78, 5) is 20.9. The van der Waals surface area contributed by atoms with Crippen LogP contribution in [-0.4, -0.2) is 30.2 Å². The number of benzene rings is 1. The molecule has 0 aliphatic heterocycles. The smallest absolute Gasteiger partial charge is 0.319 e. The molecule has 2 N–H and O–H groups in total. The van der Waals surface area contributed by atoms with Crippen molar-refractivity contribution in [2.45, 2.75) is 6.54 Å². The minimum absolute atomic E-state index is 0.253. The first-order valence-electron chi connectivity index (χ1n) is 7.80. The van der Waals surface area contributed by atoms with Gasteiger partial charge in [0, 0.05) is 29.4 Å². The van der Waals surface area contributed by atoms with E-state index in [1.165, 1.54) is 7.11 Å². The highest BCUT2D eigenvalue weighted by Gasteiger charge is 2.12. The molecule has 134 valence electrons. The number of nitrogens with zero attached hydrogens (tertiary/aromatic N) is 2. The number of aromatic nitrogens is 2. The molecule has 0 atom stereocenters. The van der Waals surface area contributed by atoms with Gasteiger partial charge in [-0.3, -0.25) is 9.97 Å². The molecule has 0 saturated carbocycles. The third-order valence-corrected chi connectivity index (χ3v) is 4.33. The van der Waals surface area contributed by atoms with Crippen molar-refractivity contribution in [3.05, 3.63) is 53.1 Å². The molecule has 2 amide bonds. The van der Waals surface area contributed by atoms with Crippen molar-refractivity contribution in [1.29, 1.82) is 0 Å². The van der Waals surface area contributed by atoms with Crippen LogP contribution in [0.2, 0.25) is 0 Å². The van der Waals surface area contributed by atoms with Crippen LogP contribution in [0.1, 0.15) is 5.69 Å². The summed E-state index contributed by atoms with van der Waals surface area (Å²) in [5, 5.41) is 9.53. The first-order chi connectivity index (χ1) is 12.7. The SMILES string of the molecule is COc1ccc(NC(=O)NCc2nccnc2-c2ccsc2)c(OC)c1. The van der Waals surface area contributed by atoms with Gasteiger partial charge in [-0.15, -0.1) is 0 Å². The zero-order valence-electron chi connectivity index (χ0n) is 14.4. The lowest BCUT2D eigenvalue weighted by Gasteiger charge is -2.13. The molecule has 0 unspecified atom stereocenters. The van der Waals surface area contributed by atoms with Crippen molar-refractivity contribution in [3.63, 3.8) is 0 Å². The number of urea groups is 1. The maximum Gasteiger partial charge on any atom is 0.319 e. The van der Waals surface area contributed by atoms with Crippen molar-refractivity contribution in [2.75, 3.05) is 19.5 Å². The Kier molecular flexibility index (Phi) is 5.65. The second kappa shape index (κ2) is 8.30. The second-order valence-corrected chi connectivity index (χ2v) is 6.02. The molecular formula is C18H18N4O3S. The van der Waals surface area contributed by atoms with Gasteiger partial charge in [-0.2, -0.15) is 11.3 Å². The number of hydrogen-bond donors (Lipinski definition) is 2. The number of hydrogen-bond acceptors (Lipinski definition) is 6. The van der Waals surface area contributed by atoms with Crippen molar-refractivity contribution in [3.8, 4) is 22.8 Å². The van der Waals surface area contributed by atoms with Gasteiger partial charge < -0.3 is 20.1 Å². The topological polar surface area (TPSA) is 85.4 Å². The number of carbonyl (C=O) groups excluding carboxylic acids is 1.